The Labute approximate surface area is 119 Å². The van der Waals surface area contributed by atoms with Gasteiger partial charge in [0.1, 0.15) is 0 Å². The van der Waals surface area contributed by atoms with E-state index in [1.165, 1.54) is 0 Å². The number of nitrogens with zero attached hydrogens (tertiary/aromatic N) is 1. The summed E-state index contributed by atoms with van der Waals surface area (Å²) in [5, 5.41) is 13.2. The molecule has 1 amide bonds. The van der Waals surface area contributed by atoms with Gasteiger partial charge in [-0.05, 0) is 6.42 Å². The topological polar surface area (TPSA) is 81.5 Å². The number of non-ortho nitro benzene ring substituents is 1. The van der Waals surface area contributed by atoms with Gasteiger partial charge in [0, 0.05) is 32.4 Å². The molecular formula is C11H12Cl2N2O4. The van der Waals surface area contributed by atoms with Gasteiger partial charge in [-0.15, -0.1) is 0 Å². The summed E-state index contributed by atoms with van der Waals surface area (Å²) < 4.78 is 4.83. The van der Waals surface area contributed by atoms with E-state index in [9.17, 15) is 14.9 Å². The van der Waals surface area contributed by atoms with Gasteiger partial charge in [-0.25, -0.2) is 0 Å². The SMILES string of the molecule is COCCCNC(=O)c1cc([N+](=O)[O-])cc(Cl)c1Cl. The van der Waals surface area contributed by atoms with Crippen LogP contribution in [0.5, 0.6) is 0 Å². The van der Waals surface area contributed by atoms with Gasteiger partial charge in [0.15, 0.2) is 0 Å². The van der Waals surface area contributed by atoms with Crippen molar-refractivity contribution in [2.24, 2.45) is 0 Å². The number of hydrogen-bond acceptors (Lipinski definition) is 4. The van der Waals surface area contributed by atoms with Crippen molar-refractivity contribution in [1.29, 1.82) is 0 Å². The molecule has 0 saturated heterocycles. The Kier molecular flexibility index (Phi) is 6.01. The monoisotopic (exact) mass is 306 g/mol. The molecule has 0 saturated carbocycles. The number of carbonyl (C=O) groups excluding carboxylic acids is 1. The second kappa shape index (κ2) is 7.28. The second-order valence-corrected chi connectivity index (χ2v) is 4.43. The highest BCUT2D eigenvalue weighted by atomic mass is 35.5. The Balaban J connectivity index is 2.86. The number of amides is 1. The fourth-order valence-corrected chi connectivity index (χ4v) is 1.77. The van der Waals surface area contributed by atoms with Crippen molar-refractivity contribution in [3.05, 3.63) is 37.9 Å². The number of rotatable bonds is 6. The first-order valence-corrected chi connectivity index (χ1v) is 6.13. The van der Waals surface area contributed by atoms with Gasteiger partial charge in [-0.2, -0.15) is 0 Å². The molecule has 0 aliphatic rings. The van der Waals surface area contributed by atoms with Crippen molar-refractivity contribution in [2.75, 3.05) is 20.3 Å². The third-order valence-corrected chi connectivity index (χ3v) is 3.08. The van der Waals surface area contributed by atoms with E-state index in [1.807, 2.05) is 0 Å². The summed E-state index contributed by atoms with van der Waals surface area (Å²) in [6.45, 7) is 0.882. The minimum Gasteiger partial charge on any atom is -0.385 e. The first kappa shape index (κ1) is 15.7. The molecule has 0 heterocycles. The molecule has 6 nitrogen and oxygen atoms in total. The summed E-state index contributed by atoms with van der Waals surface area (Å²) in [5.41, 5.74) is -0.297. The normalized spacial score (nSPS) is 10.3. The minimum absolute atomic E-state index is 0.00323. The predicted octanol–water partition coefficient (Wildman–Crippen LogP) is 2.67. The molecule has 0 aromatic heterocycles. The third kappa shape index (κ3) is 4.34. The van der Waals surface area contributed by atoms with E-state index < -0.39 is 10.8 Å². The zero-order valence-corrected chi connectivity index (χ0v) is 11.6. The molecule has 0 fully saturated rings. The van der Waals surface area contributed by atoms with Crippen molar-refractivity contribution in [3.63, 3.8) is 0 Å². The zero-order valence-electron chi connectivity index (χ0n) is 10.1. The van der Waals surface area contributed by atoms with Crippen LogP contribution >= 0.6 is 23.2 Å². The van der Waals surface area contributed by atoms with Crippen molar-refractivity contribution in [1.82, 2.24) is 5.32 Å². The lowest BCUT2D eigenvalue weighted by atomic mass is 10.2. The standard InChI is InChI=1S/C11H12Cl2N2O4/c1-19-4-2-3-14-11(16)8-5-7(15(17)18)6-9(12)10(8)13/h5-6H,2-4H2,1H3,(H,14,16). The predicted molar refractivity (Wildman–Crippen MR) is 71.9 cm³/mol. The fraction of sp³-hybridized carbons (Fsp3) is 0.364. The number of nitro groups is 1. The van der Waals surface area contributed by atoms with Crippen LogP contribution in [0.3, 0.4) is 0 Å². The smallest absolute Gasteiger partial charge is 0.271 e. The minimum atomic E-state index is -0.635. The molecule has 0 spiro atoms. The van der Waals surface area contributed by atoms with E-state index in [4.69, 9.17) is 27.9 Å². The highest BCUT2D eigenvalue weighted by molar-refractivity contribution is 6.44. The fourth-order valence-electron chi connectivity index (χ4n) is 1.36. The summed E-state index contributed by atoms with van der Waals surface area (Å²) in [7, 11) is 1.55. The van der Waals surface area contributed by atoms with E-state index in [0.29, 0.717) is 19.6 Å². The maximum absolute atomic E-state index is 11.8. The van der Waals surface area contributed by atoms with Gasteiger partial charge in [0.05, 0.1) is 20.5 Å². The number of carbonyl (C=O) groups is 1. The van der Waals surface area contributed by atoms with Crippen LogP contribution in [0.2, 0.25) is 10.0 Å². The van der Waals surface area contributed by atoms with Crippen LogP contribution in [-0.2, 0) is 4.74 Å². The van der Waals surface area contributed by atoms with Crippen LogP contribution in [0.1, 0.15) is 16.8 Å². The van der Waals surface area contributed by atoms with Crippen LogP contribution < -0.4 is 5.32 Å². The number of methoxy groups -OCH3 is 1. The van der Waals surface area contributed by atoms with Crippen molar-refractivity contribution in [2.45, 2.75) is 6.42 Å². The van der Waals surface area contributed by atoms with Crippen molar-refractivity contribution >= 4 is 34.8 Å². The maximum Gasteiger partial charge on any atom is 0.271 e. The van der Waals surface area contributed by atoms with Gasteiger partial charge in [-0.1, -0.05) is 23.2 Å². The number of nitro benzene ring substituents is 1. The summed E-state index contributed by atoms with van der Waals surface area (Å²) >= 11 is 11.6. The Morgan fingerprint density at radius 3 is 2.74 bits per heavy atom. The second-order valence-electron chi connectivity index (χ2n) is 3.65. The highest BCUT2D eigenvalue weighted by Gasteiger charge is 2.19. The number of nitrogens with one attached hydrogen (secondary N) is 1. The largest absolute Gasteiger partial charge is 0.385 e. The Bertz CT molecular complexity index is 494. The molecule has 104 valence electrons. The Morgan fingerprint density at radius 2 is 2.16 bits per heavy atom. The van der Waals surface area contributed by atoms with Gasteiger partial charge in [0.2, 0.25) is 0 Å². The Hall–Kier alpha value is -1.37. The zero-order chi connectivity index (χ0) is 14.4. The number of hydrogen-bond donors (Lipinski definition) is 1. The van der Waals surface area contributed by atoms with Crippen LogP contribution in [0.15, 0.2) is 12.1 Å². The molecule has 1 aromatic rings. The van der Waals surface area contributed by atoms with Crippen LogP contribution in [0.25, 0.3) is 0 Å². The molecular weight excluding hydrogens is 295 g/mol. The van der Waals surface area contributed by atoms with E-state index in [1.54, 1.807) is 7.11 Å². The molecule has 1 N–H and O–H groups in total. The molecule has 0 aliphatic heterocycles. The molecule has 0 aliphatic carbocycles. The lowest BCUT2D eigenvalue weighted by molar-refractivity contribution is -0.384. The van der Waals surface area contributed by atoms with Gasteiger partial charge >= 0.3 is 0 Å². The number of halogens is 2. The van der Waals surface area contributed by atoms with E-state index in [-0.39, 0.29) is 21.3 Å². The summed E-state index contributed by atoms with van der Waals surface area (Å²) in [5.74, 6) is -0.508. The average Bonchev–Trinajstić information content (AvgIpc) is 2.37. The molecule has 0 bridgehead atoms. The van der Waals surface area contributed by atoms with Crippen molar-refractivity contribution in [3.8, 4) is 0 Å². The Morgan fingerprint density at radius 1 is 1.47 bits per heavy atom. The average molecular weight is 307 g/mol. The first-order chi connectivity index (χ1) is 8.97. The maximum atomic E-state index is 11.8. The molecule has 0 radical (unpaired) electrons. The van der Waals surface area contributed by atoms with Crippen LogP contribution in [-0.4, -0.2) is 31.1 Å². The number of benzene rings is 1. The lowest BCUT2D eigenvalue weighted by Crippen LogP contribution is -2.25. The highest BCUT2D eigenvalue weighted by Crippen LogP contribution is 2.30. The van der Waals surface area contributed by atoms with Gasteiger partial charge in [-0.3, -0.25) is 14.9 Å². The summed E-state index contributed by atoms with van der Waals surface area (Å²) in [6.07, 6.45) is 0.627. The lowest BCUT2D eigenvalue weighted by Gasteiger charge is -2.07. The molecule has 1 aromatic carbocycles. The molecule has 8 heteroatoms. The third-order valence-electron chi connectivity index (χ3n) is 2.28. The van der Waals surface area contributed by atoms with E-state index in [0.717, 1.165) is 12.1 Å². The molecule has 1 rings (SSSR count). The summed E-state index contributed by atoms with van der Waals surface area (Å²) in [4.78, 5) is 21.9. The summed E-state index contributed by atoms with van der Waals surface area (Å²) in [6, 6.07) is 2.20. The van der Waals surface area contributed by atoms with Gasteiger partial charge < -0.3 is 10.1 Å². The molecule has 0 atom stereocenters. The first-order valence-electron chi connectivity index (χ1n) is 5.38. The molecule has 0 unspecified atom stereocenters. The van der Waals surface area contributed by atoms with E-state index >= 15 is 0 Å². The van der Waals surface area contributed by atoms with Crippen molar-refractivity contribution < 1.29 is 14.5 Å². The molecule has 19 heavy (non-hydrogen) atoms. The van der Waals surface area contributed by atoms with Crippen LogP contribution in [0.4, 0.5) is 5.69 Å². The van der Waals surface area contributed by atoms with Crippen LogP contribution in [0, 0.1) is 10.1 Å². The quantitative estimate of drug-likeness (QED) is 0.497. The number of ether oxygens (including phenoxy) is 1. The van der Waals surface area contributed by atoms with E-state index in [2.05, 4.69) is 5.32 Å². The van der Waals surface area contributed by atoms with Gasteiger partial charge in [0.25, 0.3) is 11.6 Å².